The molecule has 4 nitrogen and oxygen atoms in total. The van der Waals surface area contributed by atoms with Crippen LogP contribution in [0.2, 0.25) is 0 Å². The average Bonchev–Trinajstić information content (AvgIpc) is 3.27. The lowest BCUT2D eigenvalue weighted by Crippen LogP contribution is -2.47. The second-order valence-corrected chi connectivity index (χ2v) is 7.15. The molecule has 0 aliphatic heterocycles. The van der Waals surface area contributed by atoms with Gasteiger partial charge in [0.05, 0.1) is 11.4 Å². The zero-order valence-corrected chi connectivity index (χ0v) is 15.7. The van der Waals surface area contributed by atoms with Gasteiger partial charge in [0, 0.05) is 25.0 Å². The molecule has 142 valence electrons. The molecule has 1 aromatic rings. The fourth-order valence-corrected chi connectivity index (χ4v) is 3.09. The number of hydrazine groups is 1. The Morgan fingerprint density at radius 3 is 2.44 bits per heavy atom. The quantitative estimate of drug-likeness (QED) is 0.356. The molecule has 1 fully saturated rings. The van der Waals surface area contributed by atoms with Crippen LogP contribution in [0.3, 0.4) is 0 Å². The van der Waals surface area contributed by atoms with Crippen molar-refractivity contribution in [2.45, 2.75) is 36.9 Å². The molecule has 0 aromatic heterocycles. The second kappa shape index (κ2) is 8.41. The van der Waals surface area contributed by atoms with Crippen LogP contribution in [0.25, 0.3) is 0 Å². The molecule has 0 spiro atoms. The minimum Gasteiger partial charge on any atom is -0.412 e. The van der Waals surface area contributed by atoms with Crippen LogP contribution in [-0.2, 0) is 0 Å². The number of rotatable bonds is 5. The van der Waals surface area contributed by atoms with E-state index in [0.717, 1.165) is 12.8 Å². The zero-order chi connectivity index (χ0) is 18.1. The lowest BCUT2D eigenvalue weighted by Gasteiger charge is -2.33. The van der Waals surface area contributed by atoms with Gasteiger partial charge in [-0.1, -0.05) is 0 Å². The minimum absolute atomic E-state index is 0. The van der Waals surface area contributed by atoms with E-state index in [9.17, 15) is 17.6 Å². The molecule has 0 unspecified atom stereocenters. The standard InChI is InChI=1S/C15H19F4N3S2.H2O/c1-9-6-11(16)12(7-13(9)24-8-15(17,18)19)21(2)22(3)14(23)20-10-4-5-10;/h6-7,10H,4-5,8H2,1-3H3,(H,20,23);1H2. The van der Waals surface area contributed by atoms with Gasteiger partial charge >= 0.3 is 6.18 Å². The number of thiocarbonyl (C=S) groups is 1. The van der Waals surface area contributed by atoms with Crippen molar-refractivity contribution < 1.29 is 23.0 Å². The lowest BCUT2D eigenvalue weighted by molar-refractivity contribution is -0.105. The van der Waals surface area contributed by atoms with Crippen LogP contribution in [0.15, 0.2) is 17.0 Å². The molecule has 0 saturated heterocycles. The number of nitrogens with one attached hydrogen (secondary N) is 1. The molecule has 0 atom stereocenters. The van der Waals surface area contributed by atoms with Crippen LogP contribution < -0.4 is 10.3 Å². The number of anilines is 1. The van der Waals surface area contributed by atoms with Crippen LogP contribution >= 0.6 is 24.0 Å². The molecule has 1 aliphatic carbocycles. The highest BCUT2D eigenvalue weighted by Crippen LogP contribution is 2.33. The summed E-state index contributed by atoms with van der Waals surface area (Å²) in [7, 11) is 3.30. The fraction of sp³-hybridized carbons (Fsp3) is 0.533. The molecule has 3 N–H and O–H groups in total. The van der Waals surface area contributed by atoms with Crippen molar-refractivity contribution in [1.82, 2.24) is 10.3 Å². The highest BCUT2D eigenvalue weighted by atomic mass is 32.2. The predicted molar refractivity (Wildman–Crippen MR) is 96.5 cm³/mol. The molecule has 0 amide bonds. The van der Waals surface area contributed by atoms with Gasteiger partial charge in [-0.2, -0.15) is 13.2 Å². The third kappa shape index (κ3) is 6.19. The summed E-state index contributed by atoms with van der Waals surface area (Å²) < 4.78 is 51.6. The molecular weight excluding hydrogens is 378 g/mol. The number of aryl methyl sites for hydroxylation is 1. The summed E-state index contributed by atoms with van der Waals surface area (Å²) in [5.74, 6) is -1.52. The van der Waals surface area contributed by atoms with Crippen LogP contribution in [0.1, 0.15) is 18.4 Å². The Hall–Kier alpha value is -1.26. The summed E-state index contributed by atoms with van der Waals surface area (Å²) >= 11 is 5.92. The molecule has 2 rings (SSSR count). The first-order valence-corrected chi connectivity index (χ1v) is 8.75. The van der Waals surface area contributed by atoms with Crippen LogP contribution in [0.4, 0.5) is 23.2 Å². The fourth-order valence-electron chi connectivity index (χ4n) is 2.00. The number of benzene rings is 1. The largest absolute Gasteiger partial charge is 0.412 e. The van der Waals surface area contributed by atoms with Crippen molar-refractivity contribution >= 4 is 34.8 Å². The van der Waals surface area contributed by atoms with E-state index in [1.165, 1.54) is 17.1 Å². The maximum atomic E-state index is 14.3. The summed E-state index contributed by atoms with van der Waals surface area (Å²) in [6, 6.07) is 3.03. The van der Waals surface area contributed by atoms with E-state index < -0.39 is 17.7 Å². The van der Waals surface area contributed by atoms with Gasteiger partial charge in [0.1, 0.15) is 5.82 Å². The molecule has 25 heavy (non-hydrogen) atoms. The Labute approximate surface area is 153 Å². The molecular formula is C15H21F4N3OS2. The normalized spacial score (nSPS) is 13.9. The van der Waals surface area contributed by atoms with E-state index >= 15 is 0 Å². The van der Waals surface area contributed by atoms with Gasteiger partial charge in [-0.25, -0.2) is 4.39 Å². The van der Waals surface area contributed by atoms with E-state index in [1.807, 2.05) is 0 Å². The van der Waals surface area contributed by atoms with Gasteiger partial charge in [-0.15, -0.1) is 11.8 Å². The summed E-state index contributed by atoms with van der Waals surface area (Å²) in [5.41, 5.74) is 0.646. The third-order valence-corrected chi connectivity index (χ3v) is 5.24. The van der Waals surface area contributed by atoms with E-state index in [4.69, 9.17) is 12.2 Å². The van der Waals surface area contributed by atoms with Crippen molar-refractivity contribution in [2.75, 3.05) is 24.9 Å². The van der Waals surface area contributed by atoms with Crippen molar-refractivity contribution in [1.29, 1.82) is 0 Å². The Bertz CT molecular complexity index is 624. The number of thioether (sulfide) groups is 1. The summed E-state index contributed by atoms with van der Waals surface area (Å²) in [6.45, 7) is 1.59. The van der Waals surface area contributed by atoms with E-state index in [0.29, 0.717) is 33.4 Å². The van der Waals surface area contributed by atoms with Crippen molar-refractivity contribution in [2.24, 2.45) is 0 Å². The Morgan fingerprint density at radius 1 is 1.32 bits per heavy atom. The molecule has 0 heterocycles. The molecule has 1 aliphatic rings. The summed E-state index contributed by atoms with van der Waals surface area (Å²) in [4.78, 5) is 0.394. The number of hydrogen-bond acceptors (Lipinski definition) is 3. The Kier molecular flexibility index (Phi) is 7.33. The van der Waals surface area contributed by atoms with Gasteiger partial charge in [0.2, 0.25) is 0 Å². The van der Waals surface area contributed by atoms with Crippen molar-refractivity contribution in [3.05, 3.63) is 23.5 Å². The van der Waals surface area contributed by atoms with Gasteiger partial charge in [0.15, 0.2) is 5.11 Å². The predicted octanol–water partition coefficient (Wildman–Crippen LogP) is 3.28. The SMILES string of the molecule is Cc1cc(F)c(N(C)N(C)C(=S)NC2CC2)cc1SCC(F)(F)F.O. The van der Waals surface area contributed by atoms with Gasteiger partial charge in [0.25, 0.3) is 0 Å². The Morgan fingerprint density at radius 2 is 1.92 bits per heavy atom. The third-order valence-electron chi connectivity index (χ3n) is 3.63. The smallest absolute Gasteiger partial charge is 0.398 e. The molecule has 1 aromatic carbocycles. The first-order chi connectivity index (χ1) is 11.1. The highest BCUT2D eigenvalue weighted by molar-refractivity contribution is 7.99. The monoisotopic (exact) mass is 399 g/mol. The van der Waals surface area contributed by atoms with Crippen LogP contribution in [0.5, 0.6) is 0 Å². The Balaban J connectivity index is 0.00000312. The maximum absolute atomic E-state index is 14.3. The number of alkyl halides is 3. The number of halogens is 4. The van der Waals surface area contributed by atoms with E-state index in [1.54, 1.807) is 26.0 Å². The van der Waals surface area contributed by atoms with Crippen molar-refractivity contribution in [3.8, 4) is 0 Å². The molecule has 10 heteroatoms. The van der Waals surface area contributed by atoms with E-state index in [-0.39, 0.29) is 11.2 Å². The van der Waals surface area contributed by atoms with Crippen molar-refractivity contribution in [3.63, 3.8) is 0 Å². The lowest BCUT2D eigenvalue weighted by atomic mass is 10.2. The maximum Gasteiger partial charge on any atom is 0.398 e. The molecule has 0 radical (unpaired) electrons. The topological polar surface area (TPSA) is 50.0 Å². The van der Waals surface area contributed by atoms with E-state index in [2.05, 4.69) is 5.32 Å². The second-order valence-electron chi connectivity index (χ2n) is 5.74. The first-order valence-electron chi connectivity index (χ1n) is 7.36. The van der Waals surface area contributed by atoms with Crippen LogP contribution in [0, 0.1) is 12.7 Å². The van der Waals surface area contributed by atoms with Gasteiger partial charge < -0.3 is 10.8 Å². The average molecular weight is 399 g/mol. The summed E-state index contributed by atoms with van der Waals surface area (Å²) in [5, 5.41) is 6.64. The van der Waals surface area contributed by atoms with Gasteiger partial charge in [-0.3, -0.25) is 10.0 Å². The zero-order valence-electron chi connectivity index (χ0n) is 14.1. The first kappa shape index (κ1) is 21.8. The number of nitrogens with zero attached hydrogens (tertiary/aromatic N) is 2. The minimum atomic E-state index is -4.27. The van der Waals surface area contributed by atoms with Gasteiger partial charge in [-0.05, 0) is 49.7 Å². The molecule has 0 bridgehead atoms. The molecule has 1 saturated carbocycles. The van der Waals surface area contributed by atoms with Crippen LogP contribution in [-0.4, -0.2) is 47.7 Å². The number of hydrogen-bond donors (Lipinski definition) is 1. The summed E-state index contributed by atoms with van der Waals surface area (Å²) in [6.07, 6.45) is -2.17. The highest BCUT2D eigenvalue weighted by Gasteiger charge is 2.28.